The van der Waals surface area contributed by atoms with Crippen molar-refractivity contribution in [2.45, 2.75) is 38.3 Å². The van der Waals surface area contributed by atoms with Crippen LogP contribution in [0.25, 0.3) is 10.9 Å². The summed E-state index contributed by atoms with van der Waals surface area (Å²) in [5.41, 5.74) is 0.926. The minimum absolute atomic E-state index is 0.0333. The van der Waals surface area contributed by atoms with Gasteiger partial charge in [-0.15, -0.1) is 0 Å². The van der Waals surface area contributed by atoms with Gasteiger partial charge in [-0.2, -0.15) is 5.10 Å². The average Bonchev–Trinajstić information content (AvgIpc) is 2.95. The first-order valence-electron chi connectivity index (χ1n) is 8.09. The fourth-order valence-corrected chi connectivity index (χ4v) is 3.14. The Bertz CT molecular complexity index is 681. The zero-order valence-electron chi connectivity index (χ0n) is 13.7. The molecular formula is C17H24N4O2. The first kappa shape index (κ1) is 16.0. The molecule has 124 valence electrons. The Balaban J connectivity index is 1.55. The highest BCUT2D eigenvalue weighted by Crippen LogP contribution is 2.16. The van der Waals surface area contributed by atoms with E-state index in [1.807, 2.05) is 32.0 Å². The van der Waals surface area contributed by atoms with Crippen LogP contribution in [0.5, 0.6) is 0 Å². The number of benzene rings is 1. The Kier molecular flexibility index (Phi) is 4.37. The van der Waals surface area contributed by atoms with Crippen LogP contribution >= 0.6 is 0 Å². The van der Waals surface area contributed by atoms with Gasteiger partial charge in [0.1, 0.15) is 0 Å². The number of H-pyrrole nitrogens is 1. The molecule has 3 rings (SSSR count). The third kappa shape index (κ3) is 4.09. The summed E-state index contributed by atoms with van der Waals surface area (Å²) in [7, 11) is 0. The van der Waals surface area contributed by atoms with Gasteiger partial charge in [-0.3, -0.25) is 9.89 Å². The number of carbonyl (C=O) groups is 1. The van der Waals surface area contributed by atoms with E-state index in [0.717, 1.165) is 36.8 Å². The number of hydrogen-bond donors (Lipinski definition) is 3. The van der Waals surface area contributed by atoms with Crippen molar-refractivity contribution in [2.24, 2.45) is 0 Å². The number of piperidine rings is 1. The van der Waals surface area contributed by atoms with Crippen molar-refractivity contribution >= 4 is 16.8 Å². The predicted octanol–water partition coefficient (Wildman–Crippen LogP) is 1.53. The number of hydrogen-bond acceptors (Lipinski definition) is 4. The molecule has 1 amide bonds. The van der Waals surface area contributed by atoms with Crippen LogP contribution in [0.1, 0.15) is 37.0 Å². The first-order valence-corrected chi connectivity index (χ1v) is 8.09. The summed E-state index contributed by atoms with van der Waals surface area (Å²) >= 11 is 0. The number of aromatic amines is 1. The zero-order valence-corrected chi connectivity index (χ0v) is 13.7. The van der Waals surface area contributed by atoms with E-state index >= 15 is 0 Å². The number of rotatable bonds is 4. The van der Waals surface area contributed by atoms with E-state index < -0.39 is 5.60 Å². The lowest BCUT2D eigenvalue weighted by Gasteiger charge is -2.35. The lowest BCUT2D eigenvalue weighted by molar-refractivity contribution is 0.0267. The first-order chi connectivity index (χ1) is 10.9. The maximum absolute atomic E-state index is 12.4. The van der Waals surface area contributed by atoms with E-state index in [2.05, 4.69) is 20.4 Å². The highest BCUT2D eigenvalue weighted by molar-refractivity contribution is 5.98. The number of fused-ring (bicyclic) bond motifs is 1. The SMILES string of the molecule is CC(C)(O)CN1CCC(NC(=O)c2ccc3[nH]ncc3c2)CC1. The Morgan fingerprint density at radius 3 is 2.87 bits per heavy atom. The monoisotopic (exact) mass is 316 g/mol. The maximum atomic E-state index is 12.4. The number of aliphatic hydroxyl groups is 1. The minimum Gasteiger partial charge on any atom is -0.389 e. The second-order valence-electron chi connectivity index (χ2n) is 7.01. The lowest BCUT2D eigenvalue weighted by Crippen LogP contribution is -2.48. The molecule has 1 aliphatic heterocycles. The van der Waals surface area contributed by atoms with Gasteiger partial charge in [0.2, 0.25) is 0 Å². The van der Waals surface area contributed by atoms with Crippen molar-refractivity contribution < 1.29 is 9.90 Å². The van der Waals surface area contributed by atoms with E-state index in [-0.39, 0.29) is 11.9 Å². The zero-order chi connectivity index (χ0) is 16.4. The molecule has 0 bridgehead atoms. The lowest BCUT2D eigenvalue weighted by atomic mass is 10.0. The van der Waals surface area contributed by atoms with Crippen molar-refractivity contribution in [2.75, 3.05) is 19.6 Å². The van der Waals surface area contributed by atoms with Crippen molar-refractivity contribution in [1.29, 1.82) is 0 Å². The number of likely N-dealkylation sites (tertiary alicyclic amines) is 1. The maximum Gasteiger partial charge on any atom is 0.251 e. The number of β-amino-alcohol motifs (C(OH)–C–C–N with tert-alkyl or cyclic N) is 1. The van der Waals surface area contributed by atoms with Gasteiger partial charge in [0.05, 0.1) is 17.3 Å². The highest BCUT2D eigenvalue weighted by atomic mass is 16.3. The molecule has 23 heavy (non-hydrogen) atoms. The second-order valence-corrected chi connectivity index (χ2v) is 7.01. The summed E-state index contributed by atoms with van der Waals surface area (Å²) in [4.78, 5) is 14.6. The molecule has 0 radical (unpaired) electrons. The van der Waals surface area contributed by atoms with Crippen LogP contribution in [0.2, 0.25) is 0 Å². The summed E-state index contributed by atoms with van der Waals surface area (Å²) in [6, 6.07) is 5.75. The average molecular weight is 316 g/mol. The largest absolute Gasteiger partial charge is 0.389 e. The van der Waals surface area contributed by atoms with Crippen molar-refractivity contribution in [1.82, 2.24) is 20.4 Å². The van der Waals surface area contributed by atoms with Gasteiger partial charge in [0, 0.05) is 36.6 Å². The normalized spacial score (nSPS) is 17.5. The van der Waals surface area contributed by atoms with Crippen LogP contribution in [0, 0.1) is 0 Å². The predicted molar refractivity (Wildman–Crippen MR) is 89.3 cm³/mol. The van der Waals surface area contributed by atoms with E-state index in [9.17, 15) is 9.90 Å². The molecule has 0 saturated carbocycles. The van der Waals surface area contributed by atoms with Crippen LogP contribution in [-0.4, -0.2) is 57.4 Å². The van der Waals surface area contributed by atoms with E-state index in [1.54, 1.807) is 6.20 Å². The Labute approximate surface area is 135 Å². The van der Waals surface area contributed by atoms with Crippen LogP contribution in [0.4, 0.5) is 0 Å². The fourth-order valence-electron chi connectivity index (χ4n) is 3.14. The molecular weight excluding hydrogens is 292 g/mol. The molecule has 0 atom stereocenters. The molecule has 1 aromatic carbocycles. The topological polar surface area (TPSA) is 81.2 Å². The molecule has 6 nitrogen and oxygen atoms in total. The molecule has 6 heteroatoms. The Hall–Kier alpha value is -1.92. The van der Waals surface area contributed by atoms with Crippen LogP contribution in [0.15, 0.2) is 24.4 Å². The van der Waals surface area contributed by atoms with Crippen LogP contribution in [0.3, 0.4) is 0 Å². The Morgan fingerprint density at radius 1 is 1.43 bits per heavy atom. The fraction of sp³-hybridized carbons (Fsp3) is 0.529. The molecule has 2 aromatic rings. The molecule has 1 aromatic heterocycles. The molecule has 2 heterocycles. The van der Waals surface area contributed by atoms with Gasteiger partial charge in [-0.25, -0.2) is 0 Å². The summed E-state index contributed by atoms with van der Waals surface area (Å²) in [5, 5.41) is 20.8. The smallest absolute Gasteiger partial charge is 0.251 e. The number of carbonyl (C=O) groups excluding carboxylic acids is 1. The van der Waals surface area contributed by atoms with Gasteiger partial charge in [0.15, 0.2) is 0 Å². The highest BCUT2D eigenvalue weighted by Gasteiger charge is 2.25. The molecule has 3 N–H and O–H groups in total. The van der Waals surface area contributed by atoms with Gasteiger partial charge in [-0.05, 0) is 44.9 Å². The molecule has 0 spiro atoms. The van der Waals surface area contributed by atoms with E-state index in [1.165, 1.54) is 0 Å². The number of nitrogens with one attached hydrogen (secondary N) is 2. The van der Waals surface area contributed by atoms with Crippen LogP contribution < -0.4 is 5.32 Å². The summed E-state index contributed by atoms with van der Waals surface area (Å²) in [5.74, 6) is -0.0333. The van der Waals surface area contributed by atoms with Gasteiger partial charge < -0.3 is 15.3 Å². The van der Waals surface area contributed by atoms with Gasteiger partial charge >= 0.3 is 0 Å². The van der Waals surface area contributed by atoms with E-state index in [0.29, 0.717) is 12.1 Å². The number of aromatic nitrogens is 2. The van der Waals surface area contributed by atoms with E-state index in [4.69, 9.17) is 0 Å². The second kappa shape index (κ2) is 6.29. The third-order valence-electron chi connectivity index (χ3n) is 4.24. The van der Waals surface area contributed by atoms with Crippen LogP contribution in [-0.2, 0) is 0 Å². The quantitative estimate of drug-likeness (QED) is 0.799. The number of nitrogens with zero attached hydrogens (tertiary/aromatic N) is 2. The van der Waals surface area contributed by atoms with Crippen molar-refractivity contribution in [3.8, 4) is 0 Å². The molecule has 1 fully saturated rings. The molecule has 1 saturated heterocycles. The number of amides is 1. The van der Waals surface area contributed by atoms with Gasteiger partial charge in [0.25, 0.3) is 5.91 Å². The molecule has 0 aliphatic carbocycles. The standard InChI is InChI=1S/C17H24N4O2/c1-17(2,23)11-21-7-5-14(6-8-21)19-16(22)12-3-4-15-13(9-12)10-18-20-15/h3-4,9-10,14,23H,5-8,11H2,1-2H3,(H,18,20)(H,19,22). The summed E-state index contributed by atoms with van der Waals surface area (Å²) < 4.78 is 0. The Morgan fingerprint density at radius 2 is 2.17 bits per heavy atom. The van der Waals surface area contributed by atoms with Crippen molar-refractivity contribution in [3.05, 3.63) is 30.0 Å². The third-order valence-corrected chi connectivity index (χ3v) is 4.24. The van der Waals surface area contributed by atoms with Gasteiger partial charge in [-0.1, -0.05) is 0 Å². The minimum atomic E-state index is -0.671. The molecule has 1 aliphatic rings. The summed E-state index contributed by atoms with van der Waals surface area (Å²) in [6.07, 6.45) is 3.55. The van der Waals surface area contributed by atoms with Crippen molar-refractivity contribution in [3.63, 3.8) is 0 Å². The summed E-state index contributed by atoms with van der Waals surface area (Å²) in [6.45, 7) is 6.12. The molecule has 0 unspecified atom stereocenters.